The van der Waals surface area contributed by atoms with Crippen LogP contribution < -0.4 is 5.73 Å². The van der Waals surface area contributed by atoms with Crippen LogP contribution >= 0.6 is 15.9 Å². The van der Waals surface area contributed by atoms with Gasteiger partial charge in [-0.2, -0.15) is 0 Å². The van der Waals surface area contributed by atoms with Crippen LogP contribution in [0.4, 0.5) is 0 Å². The fraction of sp³-hybridized carbons (Fsp3) is 0.222. The lowest BCUT2D eigenvalue weighted by atomic mass is 10.1. The third-order valence-corrected chi connectivity index (χ3v) is 2.63. The molecule has 0 aliphatic heterocycles. The topological polar surface area (TPSA) is 43.1 Å². The maximum Gasteiger partial charge on any atom is 0.249 e. The Hall–Kier alpha value is -0.830. The molecule has 0 aliphatic rings. The van der Waals surface area contributed by atoms with Crippen molar-refractivity contribution in [3.05, 3.63) is 33.3 Å². The quantitative estimate of drug-likeness (QED) is 0.786. The molecule has 1 amide bonds. The molecule has 1 rings (SSSR count). The molecule has 2 N–H and O–H groups in total. The first-order valence-electron chi connectivity index (χ1n) is 3.59. The summed E-state index contributed by atoms with van der Waals surface area (Å²) in [7, 11) is 0. The molecule has 0 bridgehead atoms. The van der Waals surface area contributed by atoms with Crippen molar-refractivity contribution >= 4 is 21.8 Å². The van der Waals surface area contributed by atoms with Gasteiger partial charge in [0.1, 0.15) is 0 Å². The van der Waals surface area contributed by atoms with E-state index in [2.05, 4.69) is 15.9 Å². The van der Waals surface area contributed by atoms with Crippen molar-refractivity contribution in [1.29, 1.82) is 0 Å². The van der Waals surface area contributed by atoms with Gasteiger partial charge in [0.2, 0.25) is 5.91 Å². The second-order valence-corrected chi connectivity index (χ2v) is 3.63. The molecular weight excluding hydrogens is 218 g/mol. The highest BCUT2D eigenvalue weighted by Crippen LogP contribution is 2.20. The van der Waals surface area contributed by atoms with E-state index in [1.54, 1.807) is 6.07 Å². The number of aryl methyl sites for hydroxylation is 2. The average Bonchev–Trinajstić information content (AvgIpc) is 1.96. The summed E-state index contributed by atoms with van der Waals surface area (Å²) in [6.45, 7) is 3.85. The number of halogens is 1. The fourth-order valence-electron chi connectivity index (χ4n) is 1.09. The minimum atomic E-state index is -0.381. The van der Waals surface area contributed by atoms with Gasteiger partial charge in [-0.1, -0.05) is 22.0 Å². The molecule has 0 heterocycles. The number of hydrogen-bond donors (Lipinski definition) is 1. The van der Waals surface area contributed by atoms with Crippen LogP contribution in [0, 0.1) is 13.8 Å². The number of carbonyl (C=O) groups excluding carboxylic acids is 1. The predicted molar refractivity (Wildman–Crippen MR) is 52.1 cm³/mol. The van der Waals surface area contributed by atoms with E-state index in [4.69, 9.17) is 5.73 Å². The fourth-order valence-corrected chi connectivity index (χ4v) is 1.43. The van der Waals surface area contributed by atoms with Crippen molar-refractivity contribution in [1.82, 2.24) is 0 Å². The highest BCUT2D eigenvalue weighted by atomic mass is 79.9. The SMILES string of the molecule is Cc1cc(C)c(C(N)=O)cc1Br. The van der Waals surface area contributed by atoms with Gasteiger partial charge in [0.15, 0.2) is 0 Å². The Morgan fingerprint density at radius 2 is 1.92 bits per heavy atom. The molecule has 0 aromatic heterocycles. The molecule has 0 spiro atoms. The standard InChI is InChI=1S/C9H10BrNO/c1-5-3-6(2)8(10)4-7(5)9(11)12/h3-4H,1-2H3,(H2,11,12). The largest absolute Gasteiger partial charge is 0.366 e. The Balaban J connectivity index is 3.33. The van der Waals surface area contributed by atoms with Gasteiger partial charge in [-0.15, -0.1) is 0 Å². The summed E-state index contributed by atoms with van der Waals surface area (Å²) >= 11 is 3.34. The maximum absolute atomic E-state index is 10.9. The van der Waals surface area contributed by atoms with Crippen LogP contribution in [0.1, 0.15) is 21.5 Å². The van der Waals surface area contributed by atoms with Gasteiger partial charge in [0.05, 0.1) is 0 Å². The summed E-state index contributed by atoms with van der Waals surface area (Å²) < 4.78 is 0.918. The van der Waals surface area contributed by atoms with E-state index >= 15 is 0 Å². The Labute approximate surface area is 79.9 Å². The van der Waals surface area contributed by atoms with Crippen LogP contribution in [0.25, 0.3) is 0 Å². The Morgan fingerprint density at radius 3 is 2.42 bits per heavy atom. The Bertz CT molecular complexity index is 334. The molecular formula is C9H10BrNO. The van der Waals surface area contributed by atoms with Gasteiger partial charge in [-0.05, 0) is 31.0 Å². The summed E-state index contributed by atoms with van der Waals surface area (Å²) in [4.78, 5) is 10.9. The van der Waals surface area contributed by atoms with E-state index in [0.717, 1.165) is 15.6 Å². The van der Waals surface area contributed by atoms with Crippen LogP contribution in [0.15, 0.2) is 16.6 Å². The summed E-state index contributed by atoms with van der Waals surface area (Å²) in [6.07, 6.45) is 0. The third-order valence-electron chi connectivity index (χ3n) is 1.77. The molecule has 0 unspecified atom stereocenters. The molecule has 0 saturated heterocycles. The smallest absolute Gasteiger partial charge is 0.249 e. The van der Waals surface area contributed by atoms with Crippen molar-refractivity contribution in [2.75, 3.05) is 0 Å². The molecule has 1 aromatic carbocycles. The number of carbonyl (C=O) groups is 1. The summed E-state index contributed by atoms with van der Waals surface area (Å²) in [6, 6.07) is 3.69. The van der Waals surface area contributed by atoms with Gasteiger partial charge in [-0.3, -0.25) is 4.79 Å². The van der Waals surface area contributed by atoms with Crippen molar-refractivity contribution in [3.63, 3.8) is 0 Å². The van der Waals surface area contributed by atoms with Crippen molar-refractivity contribution in [3.8, 4) is 0 Å². The lowest BCUT2D eigenvalue weighted by molar-refractivity contribution is 0.0999. The number of amides is 1. The molecule has 0 fully saturated rings. The number of benzene rings is 1. The number of hydrogen-bond acceptors (Lipinski definition) is 1. The van der Waals surface area contributed by atoms with Crippen LogP contribution in [-0.4, -0.2) is 5.91 Å². The zero-order valence-electron chi connectivity index (χ0n) is 7.02. The van der Waals surface area contributed by atoms with Crippen LogP contribution in [0.2, 0.25) is 0 Å². The van der Waals surface area contributed by atoms with Gasteiger partial charge in [-0.25, -0.2) is 0 Å². The number of rotatable bonds is 1. The molecule has 0 saturated carbocycles. The van der Waals surface area contributed by atoms with Crippen LogP contribution in [0.5, 0.6) is 0 Å². The zero-order chi connectivity index (χ0) is 9.30. The van der Waals surface area contributed by atoms with Gasteiger partial charge < -0.3 is 5.73 Å². The minimum absolute atomic E-state index is 0.381. The first-order valence-corrected chi connectivity index (χ1v) is 4.38. The van der Waals surface area contributed by atoms with Gasteiger partial charge in [0.25, 0.3) is 0 Å². The van der Waals surface area contributed by atoms with Gasteiger partial charge in [0, 0.05) is 10.0 Å². The maximum atomic E-state index is 10.9. The Morgan fingerprint density at radius 1 is 1.33 bits per heavy atom. The summed E-state index contributed by atoms with van der Waals surface area (Å²) in [5, 5.41) is 0. The second-order valence-electron chi connectivity index (χ2n) is 2.78. The van der Waals surface area contributed by atoms with Crippen LogP contribution in [0.3, 0.4) is 0 Å². The van der Waals surface area contributed by atoms with E-state index < -0.39 is 0 Å². The molecule has 2 nitrogen and oxygen atoms in total. The highest BCUT2D eigenvalue weighted by molar-refractivity contribution is 9.10. The predicted octanol–water partition coefficient (Wildman–Crippen LogP) is 2.16. The normalized spacial score (nSPS) is 9.92. The lowest BCUT2D eigenvalue weighted by Gasteiger charge is -2.04. The molecule has 0 atom stereocenters. The highest BCUT2D eigenvalue weighted by Gasteiger charge is 2.06. The first-order chi connectivity index (χ1) is 5.52. The van der Waals surface area contributed by atoms with E-state index in [0.29, 0.717) is 5.56 Å². The summed E-state index contributed by atoms with van der Waals surface area (Å²) in [5.41, 5.74) is 7.78. The molecule has 64 valence electrons. The minimum Gasteiger partial charge on any atom is -0.366 e. The molecule has 0 aliphatic carbocycles. The number of nitrogens with two attached hydrogens (primary N) is 1. The van der Waals surface area contributed by atoms with Crippen molar-refractivity contribution in [2.24, 2.45) is 5.73 Å². The van der Waals surface area contributed by atoms with E-state index in [9.17, 15) is 4.79 Å². The Kier molecular flexibility index (Phi) is 2.52. The first kappa shape index (κ1) is 9.26. The van der Waals surface area contributed by atoms with Gasteiger partial charge >= 0.3 is 0 Å². The molecule has 1 aromatic rings. The van der Waals surface area contributed by atoms with Crippen LogP contribution in [-0.2, 0) is 0 Å². The third kappa shape index (κ3) is 1.67. The summed E-state index contributed by atoms with van der Waals surface area (Å²) in [5.74, 6) is -0.381. The molecule has 12 heavy (non-hydrogen) atoms. The number of primary amides is 1. The molecule has 0 radical (unpaired) electrons. The lowest BCUT2D eigenvalue weighted by Crippen LogP contribution is -2.12. The van der Waals surface area contributed by atoms with E-state index in [1.807, 2.05) is 19.9 Å². The monoisotopic (exact) mass is 227 g/mol. The van der Waals surface area contributed by atoms with Crippen molar-refractivity contribution < 1.29 is 4.79 Å². The molecule has 3 heteroatoms. The second kappa shape index (κ2) is 3.27. The van der Waals surface area contributed by atoms with E-state index in [1.165, 1.54) is 0 Å². The zero-order valence-corrected chi connectivity index (χ0v) is 8.60. The average molecular weight is 228 g/mol. The van der Waals surface area contributed by atoms with E-state index in [-0.39, 0.29) is 5.91 Å². The van der Waals surface area contributed by atoms with Crippen molar-refractivity contribution in [2.45, 2.75) is 13.8 Å².